The van der Waals surface area contributed by atoms with E-state index in [1.165, 1.54) is 36.3 Å². The minimum Gasteiger partial charge on any atom is -0.376 e. The number of rotatable bonds is 6. The van der Waals surface area contributed by atoms with E-state index in [2.05, 4.69) is 30.2 Å². The number of nitrogens with one attached hydrogen (secondary N) is 2. The van der Waals surface area contributed by atoms with E-state index in [9.17, 15) is 13.2 Å². The molecule has 5 heterocycles. The number of hydrogen-bond donors (Lipinski definition) is 3. The molecule has 3 aromatic rings. The Kier molecular flexibility index (Phi) is 7.91. The number of hydrogen-bond acceptors (Lipinski definition) is 11. The quantitative estimate of drug-likeness (QED) is 0.386. The van der Waals surface area contributed by atoms with Crippen LogP contribution in [0, 0.1) is 5.41 Å². The Hall–Kier alpha value is -3.04. The maximum atomic E-state index is 12.4. The molecule has 0 saturated carbocycles. The van der Waals surface area contributed by atoms with Crippen molar-refractivity contribution in [1.29, 1.82) is 0 Å². The van der Waals surface area contributed by atoms with Gasteiger partial charge in [-0.3, -0.25) is 10.3 Å². The lowest BCUT2D eigenvalue weighted by atomic mass is 9.73. The molecule has 39 heavy (non-hydrogen) atoms. The summed E-state index contributed by atoms with van der Waals surface area (Å²) in [4.78, 5) is 31.9. The molecule has 4 N–H and O–H groups in total. The number of amides is 2. The molecule has 5 rings (SSSR count). The summed E-state index contributed by atoms with van der Waals surface area (Å²) in [6.07, 6.45) is 9.35. The van der Waals surface area contributed by atoms with Crippen LogP contribution in [0.25, 0.3) is 0 Å². The monoisotopic (exact) mass is 590 g/mol. The highest BCUT2D eigenvalue weighted by Gasteiger charge is 2.47. The van der Waals surface area contributed by atoms with Gasteiger partial charge in [0.25, 0.3) is 10.0 Å². The first-order valence-corrected chi connectivity index (χ1v) is 14.8. The first-order chi connectivity index (χ1) is 18.7. The molecule has 0 bridgehead atoms. The number of halogens is 1. The van der Waals surface area contributed by atoms with Gasteiger partial charge in [0.1, 0.15) is 15.7 Å². The van der Waals surface area contributed by atoms with Crippen LogP contribution in [0.1, 0.15) is 19.8 Å². The van der Waals surface area contributed by atoms with Crippen molar-refractivity contribution in [2.24, 2.45) is 11.1 Å². The molecule has 1 spiro atoms. The van der Waals surface area contributed by atoms with E-state index in [1.807, 2.05) is 11.6 Å². The van der Waals surface area contributed by atoms with Crippen molar-refractivity contribution in [3.8, 4) is 0 Å². The average Bonchev–Trinajstić information content (AvgIpc) is 3.20. The number of anilines is 2. The molecule has 3 aromatic heterocycles. The third kappa shape index (κ3) is 5.94. The van der Waals surface area contributed by atoms with Gasteiger partial charge in [0, 0.05) is 48.0 Å². The van der Waals surface area contributed by atoms with E-state index in [1.54, 1.807) is 18.5 Å². The Morgan fingerprint density at radius 2 is 1.97 bits per heavy atom. The zero-order valence-electron chi connectivity index (χ0n) is 20.9. The number of carbonyl (C=O) groups excluding carboxylic acids is 1. The third-order valence-corrected chi connectivity index (χ3v) is 9.81. The van der Waals surface area contributed by atoms with Gasteiger partial charge in [-0.15, -0.1) is 0 Å². The highest BCUT2D eigenvalue weighted by atomic mass is 35.5. The van der Waals surface area contributed by atoms with E-state index in [4.69, 9.17) is 22.1 Å². The van der Waals surface area contributed by atoms with Gasteiger partial charge < -0.3 is 15.4 Å². The molecular weight excluding hydrogens is 564 g/mol. The van der Waals surface area contributed by atoms with Crippen molar-refractivity contribution in [3.05, 3.63) is 54.2 Å². The van der Waals surface area contributed by atoms with Gasteiger partial charge in [-0.25, -0.2) is 32.9 Å². The Morgan fingerprint density at radius 1 is 1.18 bits per heavy atom. The van der Waals surface area contributed by atoms with Crippen molar-refractivity contribution < 1.29 is 17.9 Å². The van der Waals surface area contributed by atoms with Gasteiger partial charge in [-0.1, -0.05) is 23.4 Å². The molecule has 2 fully saturated rings. The minimum atomic E-state index is -4.11. The second-order valence-corrected chi connectivity index (χ2v) is 12.5. The zero-order valence-corrected chi connectivity index (χ0v) is 23.3. The van der Waals surface area contributed by atoms with Crippen LogP contribution in [0.3, 0.4) is 0 Å². The Labute approximate surface area is 235 Å². The topological polar surface area (TPSA) is 165 Å². The summed E-state index contributed by atoms with van der Waals surface area (Å²) in [5.74, 6) is 0.778. The van der Waals surface area contributed by atoms with Crippen LogP contribution in [-0.2, 0) is 14.8 Å². The lowest BCUT2D eigenvalue weighted by Crippen LogP contribution is -2.50. The maximum Gasteiger partial charge on any atom is 0.334 e. The van der Waals surface area contributed by atoms with Crippen molar-refractivity contribution in [3.63, 3.8) is 0 Å². The number of pyridine rings is 2. The Balaban J connectivity index is 1.20. The van der Waals surface area contributed by atoms with Gasteiger partial charge >= 0.3 is 6.03 Å². The summed E-state index contributed by atoms with van der Waals surface area (Å²) in [6.45, 7) is 4.39. The first kappa shape index (κ1) is 27.5. The molecule has 2 amide bonds. The average molecular weight is 591 g/mol. The molecule has 0 radical (unpaired) electrons. The van der Waals surface area contributed by atoms with Gasteiger partial charge in [0.05, 0.1) is 30.1 Å². The van der Waals surface area contributed by atoms with Crippen LogP contribution in [0.2, 0.25) is 5.02 Å². The van der Waals surface area contributed by atoms with Crippen LogP contribution in [0.5, 0.6) is 0 Å². The number of sulfonamides is 1. The highest BCUT2D eigenvalue weighted by molar-refractivity contribution is 7.99. The Morgan fingerprint density at radius 3 is 2.62 bits per heavy atom. The van der Waals surface area contributed by atoms with Crippen LogP contribution >= 0.6 is 23.4 Å². The van der Waals surface area contributed by atoms with E-state index < -0.39 is 16.1 Å². The molecule has 2 aliphatic rings. The number of nitrogens with two attached hydrogens (primary N) is 1. The number of carbonyl (C=O) groups is 1. The number of ether oxygens (including phenoxy) is 1. The highest BCUT2D eigenvalue weighted by Crippen LogP contribution is 2.42. The van der Waals surface area contributed by atoms with E-state index in [0.717, 1.165) is 37.9 Å². The fourth-order valence-corrected chi connectivity index (χ4v) is 6.60. The molecule has 0 aromatic carbocycles. The predicted molar refractivity (Wildman–Crippen MR) is 146 cm³/mol. The molecule has 2 saturated heterocycles. The van der Waals surface area contributed by atoms with Gasteiger partial charge in [-0.2, -0.15) is 0 Å². The second-order valence-electron chi connectivity index (χ2n) is 9.43. The van der Waals surface area contributed by atoms with Gasteiger partial charge in [-0.05, 0) is 38.0 Å². The first-order valence-electron chi connectivity index (χ1n) is 12.2. The smallest absolute Gasteiger partial charge is 0.334 e. The SMILES string of the molecule is C[C@@H]1OCC2(CCN(c3cnc(Sc4ccnc(NC(=O)NS(=O)(=O)c5cccnc5)c4Cl)cn3)CC2)[C@@H]1N. The molecule has 2 atom stereocenters. The molecular formula is C24H27ClN8O4S2. The minimum absolute atomic E-state index is 0.00389. The van der Waals surface area contributed by atoms with E-state index >= 15 is 0 Å². The van der Waals surface area contributed by atoms with Crippen molar-refractivity contribution in [1.82, 2.24) is 24.7 Å². The maximum absolute atomic E-state index is 12.4. The molecule has 15 heteroatoms. The lowest BCUT2D eigenvalue weighted by Gasteiger charge is -2.41. The summed E-state index contributed by atoms with van der Waals surface area (Å²) in [6, 6.07) is 3.47. The fraction of sp³-hybridized carbons (Fsp3) is 0.375. The number of aromatic nitrogens is 4. The van der Waals surface area contributed by atoms with Crippen LogP contribution in [0.4, 0.5) is 16.4 Å². The van der Waals surface area contributed by atoms with Crippen LogP contribution < -0.4 is 20.7 Å². The molecule has 0 unspecified atom stereocenters. The standard InChI is InChI=1S/C24H27ClN8O4S2/c1-15-21(26)24(14-37-15)5-9-33(10-6-24)18-12-30-19(13-29-18)38-17-4-8-28-22(20(17)25)31-23(34)32-39(35,36)16-3-2-7-27-11-16/h2-4,7-8,11-13,15,21H,5-6,9-10,14,26H2,1H3,(H2,28,31,32,34)/t15-,21+/m0/s1. The predicted octanol–water partition coefficient (Wildman–Crippen LogP) is 2.91. The lowest BCUT2D eigenvalue weighted by molar-refractivity contribution is 0.0974. The Bertz CT molecular complexity index is 1440. The summed E-state index contributed by atoms with van der Waals surface area (Å²) in [7, 11) is -4.11. The number of urea groups is 1. The van der Waals surface area contributed by atoms with Gasteiger partial charge in [0.15, 0.2) is 5.82 Å². The number of nitrogens with zero attached hydrogens (tertiary/aromatic N) is 5. The van der Waals surface area contributed by atoms with Crippen molar-refractivity contribution in [2.45, 2.75) is 46.7 Å². The van der Waals surface area contributed by atoms with Crippen molar-refractivity contribution in [2.75, 3.05) is 29.9 Å². The van der Waals surface area contributed by atoms with E-state index in [-0.39, 0.29) is 33.3 Å². The number of piperidine rings is 1. The zero-order chi connectivity index (χ0) is 27.6. The van der Waals surface area contributed by atoms with Crippen LogP contribution in [-0.4, -0.2) is 66.2 Å². The summed E-state index contributed by atoms with van der Waals surface area (Å²) >= 11 is 7.70. The van der Waals surface area contributed by atoms with Crippen LogP contribution in [0.15, 0.2) is 64.0 Å². The summed E-state index contributed by atoms with van der Waals surface area (Å²) in [5, 5.41) is 3.10. The second kappa shape index (κ2) is 11.2. The normalized spacial score (nSPS) is 20.6. The largest absolute Gasteiger partial charge is 0.376 e. The molecule has 12 nitrogen and oxygen atoms in total. The third-order valence-electron chi connectivity index (χ3n) is 7.02. The van der Waals surface area contributed by atoms with E-state index in [0.29, 0.717) is 16.5 Å². The van der Waals surface area contributed by atoms with Gasteiger partial charge in [0.2, 0.25) is 0 Å². The summed E-state index contributed by atoms with van der Waals surface area (Å²) < 4.78 is 32.4. The molecule has 0 aliphatic carbocycles. The molecule has 2 aliphatic heterocycles. The van der Waals surface area contributed by atoms with Crippen molar-refractivity contribution >= 4 is 51.1 Å². The molecule has 206 valence electrons. The summed E-state index contributed by atoms with van der Waals surface area (Å²) in [5.41, 5.74) is 6.45. The fourth-order valence-electron chi connectivity index (χ4n) is 4.70.